The second-order valence-corrected chi connectivity index (χ2v) is 7.87. The Morgan fingerprint density at radius 2 is 1.70 bits per heavy atom. The normalized spacial score (nSPS) is 22.4. The Morgan fingerprint density at radius 1 is 1.07 bits per heavy atom. The van der Waals surface area contributed by atoms with Crippen molar-refractivity contribution in [2.24, 2.45) is 11.8 Å². The number of amides is 1. The van der Waals surface area contributed by atoms with Gasteiger partial charge in [-0.25, -0.2) is 0 Å². The van der Waals surface area contributed by atoms with Crippen LogP contribution in [0.5, 0.6) is 5.75 Å². The first-order valence-corrected chi connectivity index (χ1v) is 9.92. The van der Waals surface area contributed by atoms with E-state index in [1.807, 2.05) is 37.3 Å². The molecule has 1 amide bonds. The minimum Gasteiger partial charge on any atom is -0.497 e. The van der Waals surface area contributed by atoms with Crippen molar-refractivity contribution < 1.29 is 9.53 Å². The Labute approximate surface area is 161 Å². The van der Waals surface area contributed by atoms with Gasteiger partial charge >= 0.3 is 0 Å². The van der Waals surface area contributed by atoms with Crippen molar-refractivity contribution in [2.75, 3.05) is 33.3 Å². The highest BCUT2D eigenvalue weighted by Gasteiger charge is 2.32. The van der Waals surface area contributed by atoms with Gasteiger partial charge in [0.1, 0.15) is 5.75 Å². The average Bonchev–Trinajstić information content (AvgIpc) is 3.19. The molecule has 3 heterocycles. The van der Waals surface area contributed by atoms with Crippen molar-refractivity contribution in [1.29, 1.82) is 0 Å². The number of nitrogens with one attached hydrogen (secondary N) is 1. The van der Waals surface area contributed by atoms with Gasteiger partial charge in [0.15, 0.2) is 0 Å². The summed E-state index contributed by atoms with van der Waals surface area (Å²) in [6.45, 7) is 8.06. The van der Waals surface area contributed by atoms with Crippen LogP contribution in [-0.2, 0) is 0 Å². The van der Waals surface area contributed by atoms with Gasteiger partial charge in [-0.3, -0.25) is 4.79 Å². The highest BCUT2D eigenvalue weighted by molar-refractivity contribution is 5.96. The van der Waals surface area contributed by atoms with Crippen LogP contribution in [0.1, 0.15) is 34.6 Å². The summed E-state index contributed by atoms with van der Waals surface area (Å²) >= 11 is 0. The van der Waals surface area contributed by atoms with Gasteiger partial charge in [-0.15, -0.1) is 0 Å². The summed E-state index contributed by atoms with van der Waals surface area (Å²) in [4.78, 5) is 15.3. The molecule has 27 heavy (non-hydrogen) atoms. The Kier molecular flexibility index (Phi) is 4.96. The number of ether oxygens (including phenoxy) is 1. The highest BCUT2D eigenvalue weighted by Crippen LogP contribution is 2.29. The van der Waals surface area contributed by atoms with Crippen LogP contribution in [0.3, 0.4) is 0 Å². The molecule has 2 saturated heterocycles. The molecular weight excluding hydrogens is 338 g/mol. The Morgan fingerprint density at radius 3 is 2.30 bits per heavy atom. The molecule has 2 aliphatic heterocycles. The standard InChI is InChI=1S/C22H29N3O2/c1-15-12-21(16(2)25(15)19-4-6-20(27-3)7-5-19)22(26)24-10-8-17-13-23-14-18(17)9-11-24/h4-7,12,17-18,23H,8-11,13-14H2,1-3H3/t17-,18+. The molecule has 4 rings (SSSR count). The predicted molar refractivity (Wildman–Crippen MR) is 107 cm³/mol. The van der Waals surface area contributed by atoms with E-state index in [1.165, 1.54) is 0 Å². The van der Waals surface area contributed by atoms with Gasteiger partial charge in [-0.05, 0) is 81.9 Å². The van der Waals surface area contributed by atoms with E-state index in [1.54, 1.807) is 7.11 Å². The van der Waals surface area contributed by atoms with E-state index < -0.39 is 0 Å². The number of carbonyl (C=O) groups excluding carboxylic acids is 1. The van der Waals surface area contributed by atoms with Crippen LogP contribution in [-0.4, -0.2) is 48.7 Å². The number of aromatic nitrogens is 1. The van der Waals surface area contributed by atoms with E-state index in [0.717, 1.165) is 79.2 Å². The molecule has 2 aliphatic rings. The molecule has 0 bridgehead atoms. The number of hydrogen-bond acceptors (Lipinski definition) is 3. The number of carbonyl (C=O) groups is 1. The number of methoxy groups -OCH3 is 1. The molecule has 2 atom stereocenters. The zero-order chi connectivity index (χ0) is 19.0. The largest absolute Gasteiger partial charge is 0.497 e. The molecule has 1 aromatic heterocycles. The summed E-state index contributed by atoms with van der Waals surface area (Å²) < 4.78 is 7.41. The van der Waals surface area contributed by atoms with Gasteiger partial charge in [-0.2, -0.15) is 0 Å². The quantitative estimate of drug-likeness (QED) is 0.906. The van der Waals surface area contributed by atoms with Crippen molar-refractivity contribution in [3.05, 3.63) is 47.3 Å². The molecule has 0 saturated carbocycles. The minimum atomic E-state index is 0.177. The van der Waals surface area contributed by atoms with E-state index in [2.05, 4.69) is 21.7 Å². The first kappa shape index (κ1) is 18.1. The molecule has 0 aliphatic carbocycles. The van der Waals surface area contributed by atoms with E-state index in [0.29, 0.717) is 0 Å². The fourth-order valence-corrected chi connectivity index (χ4v) is 4.70. The van der Waals surface area contributed by atoms with Crippen molar-refractivity contribution in [2.45, 2.75) is 26.7 Å². The van der Waals surface area contributed by atoms with Crippen LogP contribution in [0.2, 0.25) is 0 Å². The molecule has 0 spiro atoms. The maximum Gasteiger partial charge on any atom is 0.255 e. The van der Waals surface area contributed by atoms with Crippen molar-refractivity contribution in [1.82, 2.24) is 14.8 Å². The molecule has 0 radical (unpaired) electrons. The molecule has 5 heteroatoms. The molecule has 0 unspecified atom stereocenters. The summed E-state index contributed by atoms with van der Waals surface area (Å²) in [7, 11) is 1.67. The predicted octanol–water partition coefficient (Wildman–Crippen LogP) is 3.17. The number of benzene rings is 1. The third-order valence-electron chi connectivity index (χ3n) is 6.30. The van der Waals surface area contributed by atoms with E-state index in [4.69, 9.17) is 4.74 Å². The number of nitrogens with zero attached hydrogens (tertiary/aromatic N) is 2. The zero-order valence-corrected chi connectivity index (χ0v) is 16.5. The van der Waals surface area contributed by atoms with Gasteiger partial charge in [0, 0.05) is 30.2 Å². The van der Waals surface area contributed by atoms with Crippen LogP contribution in [0.25, 0.3) is 5.69 Å². The second-order valence-electron chi connectivity index (χ2n) is 7.87. The summed E-state index contributed by atoms with van der Waals surface area (Å²) in [5, 5.41) is 3.50. The van der Waals surface area contributed by atoms with Crippen LogP contribution in [0.4, 0.5) is 0 Å². The third kappa shape index (κ3) is 3.36. The zero-order valence-electron chi connectivity index (χ0n) is 16.5. The topological polar surface area (TPSA) is 46.5 Å². The maximum absolute atomic E-state index is 13.3. The van der Waals surface area contributed by atoms with Gasteiger partial charge in [0.05, 0.1) is 12.7 Å². The van der Waals surface area contributed by atoms with Gasteiger partial charge in [-0.1, -0.05) is 0 Å². The number of likely N-dealkylation sites (tertiary alicyclic amines) is 1. The van der Waals surface area contributed by atoms with Crippen molar-refractivity contribution >= 4 is 5.91 Å². The van der Waals surface area contributed by atoms with Crippen LogP contribution >= 0.6 is 0 Å². The Bertz CT molecular complexity index is 811. The third-order valence-corrected chi connectivity index (χ3v) is 6.30. The monoisotopic (exact) mass is 367 g/mol. The van der Waals surface area contributed by atoms with Crippen LogP contribution in [0, 0.1) is 25.7 Å². The van der Waals surface area contributed by atoms with Crippen molar-refractivity contribution in [3.63, 3.8) is 0 Å². The van der Waals surface area contributed by atoms with Gasteiger partial charge in [0.25, 0.3) is 5.91 Å². The van der Waals surface area contributed by atoms with Crippen LogP contribution < -0.4 is 10.1 Å². The Balaban J connectivity index is 1.57. The van der Waals surface area contributed by atoms with E-state index in [9.17, 15) is 4.79 Å². The van der Waals surface area contributed by atoms with Crippen LogP contribution in [0.15, 0.2) is 30.3 Å². The fourth-order valence-electron chi connectivity index (χ4n) is 4.70. The van der Waals surface area contributed by atoms with Crippen molar-refractivity contribution in [3.8, 4) is 11.4 Å². The second kappa shape index (κ2) is 7.39. The molecule has 144 valence electrons. The average molecular weight is 367 g/mol. The minimum absolute atomic E-state index is 0.177. The lowest BCUT2D eigenvalue weighted by Crippen LogP contribution is -2.33. The lowest BCUT2D eigenvalue weighted by molar-refractivity contribution is 0.0758. The summed E-state index contributed by atoms with van der Waals surface area (Å²) in [6.07, 6.45) is 2.22. The molecule has 2 fully saturated rings. The SMILES string of the molecule is COc1ccc(-n2c(C)cc(C(=O)N3CC[C@@H]4CNC[C@@H]4CC3)c2C)cc1. The lowest BCUT2D eigenvalue weighted by Gasteiger charge is -2.21. The fraction of sp³-hybridized carbons (Fsp3) is 0.500. The number of rotatable bonds is 3. The molecule has 1 N–H and O–H groups in total. The number of hydrogen-bond donors (Lipinski definition) is 1. The highest BCUT2D eigenvalue weighted by atomic mass is 16.5. The molecule has 2 aromatic rings. The molecule has 5 nitrogen and oxygen atoms in total. The Hall–Kier alpha value is -2.27. The lowest BCUT2D eigenvalue weighted by atomic mass is 9.92. The summed E-state index contributed by atoms with van der Waals surface area (Å²) in [5.74, 6) is 2.47. The van der Waals surface area contributed by atoms with E-state index in [-0.39, 0.29) is 5.91 Å². The molecule has 1 aromatic carbocycles. The van der Waals surface area contributed by atoms with Gasteiger partial charge < -0.3 is 19.5 Å². The smallest absolute Gasteiger partial charge is 0.255 e. The number of fused-ring (bicyclic) bond motifs is 1. The first-order valence-electron chi connectivity index (χ1n) is 9.92. The summed E-state index contributed by atoms with van der Waals surface area (Å²) in [5.41, 5.74) is 3.97. The van der Waals surface area contributed by atoms with E-state index >= 15 is 0 Å². The van der Waals surface area contributed by atoms with Gasteiger partial charge in [0.2, 0.25) is 0 Å². The maximum atomic E-state index is 13.3. The number of aryl methyl sites for hydroxylation is 1. The first-order chi connectivity index (χ1) is 13.1. The molecular formula is C22H29N3O2. The summed E-state index contributed by atoms with van der Waals surface area (Å²) in [6, 6.07) is 10.0.